The van der Waals surface area contributed by atoms with Gasteiger partial charge in [-0.15, -0.1) is 0 Å². The highest BCUT2D eigenvalue weighted by atomic mass is 19.3. The molecule has 21 heavy (non-hydrogen) atoms. The molecule has 1 N–H and O–H groups in total. The maximum absolute atomic E-state index is 12.5. The van der Waals surface area contributed by atoms with Crippen LogP contribution in [0.15, 0.2) is 42.5 Å². The summed E-state index contributed by atoms with van der Waals surface area (Å²) in [7, 11) is 0. The predicted molar refractivity (Wildman–Crippen MR) is 78.9 cm³/mol. The van der Waals surface area contributed by atoms with E-state index >= 15 is 0 Å². The first-order valence-electron chi connectivity index (χ1n) is 7.03. The molecule has 0 heterocycles. The van der Waals surface area contributed by atoms with Gasteiger partial charge in [-0.3, -0.25) is 0 Å². The van der Waals surface area contributed by atoms with Gasteiger partial charge in [0.1, 0.15) is 5.75 Å². The summed E-state index contributed by atoms with van der Waals surface area (Å²) < 4.78 is 29.5. The second-order valence-corrected chi connectivity index (χ2v) is 5.31. The summed E-state index contributed by atoms with van der Waals surface area (Å²) in [5.41, 5.74) is 4.39. The van der Waals surface area contributed by atoms with Gasteiger partial charge in [-0.2, -0.15) is 8.78 Å². The van der Waals surface area contributed by atoms with Crippen molar-refractivity contribution in [3.63, 3.8) is 0 Å². The number of aryl methyl sites for hydroxylation is 2. The third kappa shape index (κ3) is 2.99. The number of hydrogen-bond acceptors (Lipinski definition) is 2. The van der Waals surface area contributed by atoms with Crippen LogP contribution in [0.4, 0.5) is 14.5 Å². The molecule has 1 atom stereocenters. The number of fused-ring (bicyclic) bond motifs is 1. The molecule has 4 heteroatoms. The Morgan fingerprint density at radius 2 is 2.00 bits per heavy atom. The molecule has 0 bridgehead atoms. The van der Waals surface area contributed by atoms with Crippen molar-refractivity contribution in [2.75, 3.05) is 5.32 Å². The quantitative estimate of drug-likeness (QED) is 0.881. The van der Waals surface area contributed by atoms with Crippen LogP contribution in [0.3, 0.4) is 0 Å². The van der Waals surface area contributed by atoms with Crippen LogP contribution in [0.2, 0.25) is 0 Å². The van der Waals surface area contributed by atoms with Crippen molar-refractivity contribution in [2.45, 2.75) is 32.4 Å². The summed E-state index contributed by atoms with van der Waals surface area (Å²) in [5.74, 6) is 0.189. The van der Waals surface area contributed by atoms with E-state index in [1.54, 1.807) is 18.2 Å². The zero-order chi connectivity index (χ0) is 14.8. The van der Waals surface area contributed by atoms with E-state index in [4.69, 9.17) is 0 Å². The van der Waals surface area contributed by atoms with Crippen molar-refractivity contribution in [1.82, 2.24) is 0 Å². The summed E-state index contributed by atoms with van der Waals surface area (Å²) in [6.07, 6.45) is 1.97. The number of rotatable bonds is 4. The maximum Gasteiger partial charge on any atom is 0.387 e. The lowest BCUT2D eigenvalue weighted by molar-refractivity contribution is -0.0493. The second-order valence-electron chi connectivity index (χ2n) is 5.31. The van der Waals surface area contributed by atoms with Crippen LogP contribution < -0.4 is 10.1 Å². The summed E-state index contributed by atoms with van der Waals surface area (Å²) >= 11 is 0. The molecular weight excluding hydrogens is 272 g/mol. The Morgan fingerprint density at radius 3 is 2.81 bits per heavy atom. The summed E-state index contributed by atoms with van der Waals surface area (Å²) in [5, 5.41) is 3.34. The fourth-order valence-corrected chi connectivity index (χ4v) is 2.84. The first-order valence-corrected chi connectivity index (χ1v) is 7.03. The van der Waals surface area contributed by atoms with Crippen LogP contribution in [-0.2, 0) is 6.42 Å². The standard InChI is InChI=1S/C17H17F2NO/c1-11-6-7-12-8-9-14(13(12)10-11)20-15-4-2-3-5-16(15)21-17(18)19/h2-7,10,14,17,20H,8-9H2,1H3. The van der Waals surface area contributed by atoms with Gasteiger partial charge >= 0.3 is 6.61 Å². The van der Waals surface area contributed by atoms with E-state index in [9.17, 15) is 8.78 Å². The zero-order valence-corrected chi connectivity index (χ0v) is 11.8. The molecule has 0 aliphatic heterocycles. The lowest BCUT2D eigenvalue weighted by Crippen LogP contribution is -2.10. The zero-order valence-electron chi connectivity index (χ0n) is 11.8. The van der Waals surface area contributed by atoms with Crippen LogP contribution in [-0.4, -0.2) is 6.61 Å². The topological polar surface area (TPSA) is 21.3 Å². The summed E-state index contributed by atoms with van der Waals surface area (Å²) in [4.78, 5) is 0. The highest BCUT2D eigenvalue weighted by Crippen LogP contribution is 2.37. The average molecular weight is 289 g/mol. The molecule has 1 aliphatic rings. The Bertz CT molecular complexity index is 642. The fraction of sp³-hybridized carbons (Fsp3) is 0.294. The third-order valence-corrected chi connectivity index (χ3v) is 3.81. The van der Waals surface area contributed by atoms with Crippen molar-refractivity contribution in [2.24, 2.45) is 0 Å². The normalized spacial score (nSPS) is 16.9. The monoisotopic (exact) mass is 289 g/mol. The molecule has 3 rings (SSSR count). The Hall–Kier alpha value is -2.10. The molecule has 0 aromatic heterocycles. The van der Waals surface area contributed by atoms with E-state index in [-0.39, 0.29) is 11.8 Å². The van der Waals surface area contributed by atoms with Gasteiger partial charge in [0, 0.05) is 0 Å². The molecular formula is C17H17F2NO. The molecule has 0 radical (unpaired) electrons. The van der Waals surface area contributed by atoms with E-state index in [1.165, 1.54) is 16.7 Å². The van der Waals surface area contributed by atoms with E-state index in [0.717, 1.165) is 12.8 Å². The van der Waals surface area contributed by atoms with Crippen molar-refractivity contribution in [3.05, 3.63) is 59.2 Å². The molecule has 2 aromatic rings. The lowest BCUT2D eigenvalue weighted by atomic mass is 10.0. The SMILES string of the molecule is Cc1ccc2c(c1)C(Nc1ccccc1OC(F)F)CC2. The summed E-state index contributed by atoms with van der Waals surface area (Å²) in [6, 6.07) is 13.4. The number of benzene rings is 2. The molecule has 0 saturated carbocycles. The second kappa shape index (κ2) is 5.72. The van der Waals surface area contributed by atoms with Crippen molar-refractivity contribution < 1.29 is 13.5 Å². The van der Waals surface area contributed by atoms with Gasteiger partial charge in [-0.1, -0.05) is 35.9 Å². The predicted octanol–water partition coefficient (Wildman–Crippen LogP) is 4.70. The maximum atomic E-state index is 12.5. The fourth-order valence-electron chi connectivity index (χ4n) is 2.84. The van der Waals surface area contributed by atoms with Gasteiger partial charge in [-0.25, -0.2) is 0 Å². The minimum Gasteiger partial charge on any atom is -0.433 e. The van der Waals surface area contributed by atoms with Crippen LogP contribution in [0.25, 0.3) is 0 Å². The van der Waals surface area contributed by atoms with Crippen molar-refractivity contribution >= 4 is 5.69 Å². The molecule has 0 amide bonds. The van der Waals surface area contributed by atoms with Crippen LogP contribution in [0.1, 0.15) is 29.2 Å². The number of anilines is 1. The lowest BCUT2D eigenvalue weighted by Gasteiger charge is -2.18. The Morgan fingerprint density at radius 1 is 1.19 bits per heavy atom. The molecule has 0 fully saturated rings. The van der Waals surface area contributed by atoms with Gasteiger partial charge in [-0.05, 0) is 43.0 Å². The Labute approximate surface area is 122 Å². The first-order chi connectivity index (χ1) is 10.1. The van der Waals surface area contributed by atoms with Crippen molar-refractivity contribution in [3.8, 4) is 5.75 Å². The van der Waals surface area contributed by atoms with E-state index in [1.807, 2.05) is 6.07 Å². The number of ether oxygens (including phenoxy) is 1. The number of alkyl halides is 2. The minimum atomic E-state index is -2.81. The number of para-hydroxylation sites is 2. The van der Waals surface area contributed by atoms with Crippen LogP contribution >= 0.6 is 0 Å². The molecule has 1 unspecified atom stereocenters. The molecule has 0 spiro atoms. The largest absolute Gasteiger partial charge is 0.433 e. The van der Waals surface area contributed by atoms with Gasteiger partial charge in [0.25, 0.3) is 0 Å². The number of halogens is 2. The van der Waals surface area contributed by atoms with Gasteiger partial charge in [0.15, 0.2) is 0 Å². The third-order valence-electron chi connectivity index (χ3n) is 3.81. The minimum absolute atomic E-state index is 0.141. The average Bonchev–Trinajstić information content (AvgIpc) is 2.83. The number of nitrogens with one attached hydrogen (secondary N) is 1. The van der Waals surface area contributed by atoms with Crippen molar-refractivity contribution in [1.29, 1.82) is 0 Å². The van der Waals surface area contributed by atoms with Gasteiger partial charge in [0.05, 0.1) is 11.7 Å². The summed E-state index contributed by atoms with van der Waals surface area (Å²) in [6.45, 7) is -0.755. The van der Waals surface area contributed by atoms with Gasteiger partial charge in [0.2, 0.25) is 0 Å². The Kier molecular flexibility index (Phi) is 3.78. The van der Waals surface area contributed by atoms with Crippen LogP contribution in [0, 0.1) is 6.92 Å². The Balaban J connectivity index is 1.85. The molecule has 2 nitrogen and oxygen atoms in total. The smallest absolute Gasteiger partial charge is 0.387 e. The van der Waals surface area contributed by atoms with Crippen LogP contribution in [0.5, 0.6) is 5.75 Å². The molecule has 110 valence electrons. The molecule has 0 saturated heterocycles. The van der Waals surface area contributed by atoms with E-state index in [0.29, 0.717) is 5.69 Å². The molecule has 2 aromatic carbocycles. The molecule has 1 aliphatic carbocycles. The van der Waals surface area contributed by atoms with E-state index < -0.39 is 6.61 Å². The van der Waals surface area contributed by atoms with Gasteiger partial charge < -0.3 is 10.1 Å². The highest BCUT2D eigenvalue weighted by Gasteiger charge is 2.23. The first kappa shape index (κ1) is 13.9. The van der Waals surface area contributed by atoms with E-state index in [2.05, 4.69) is 35.2 Å². The number of hydrogen-bond donors (Lipinski definition) is 1. The highest BCUT2D eigenvalue weighted by molar-refractivity contribution is 5.58.